The molecule has 1 saturated heterocycles. The molecule has 0 saturated carbocycles. The van der Waals surface area contributed by atoms with Gasteiger partial charge in [-0.3, -0.25) is 4.68 Å². The number of hydrogen-bond donors (Lipinski definition) is 1. The summed E-state index contributed by atoms with van der Waals surface area (Å²) in [6.07, 6.45) is 1.30. The number of halogens is 1. The van der Waals surface area contributed by atoms with Crippen molar-refractivity contribution in [1.82, 2.24) is 24.3 Å². The van der Waals surface area contributed by atoms with E-state index in [9.17, 15) is 17.6 Å². The Bertz CT molecular complexity index is 975. The van der Waals surface area contributed by atoms with Crippen molar-refractivity contribution in [3.05, 3.63) is 47.5 Å². The lowest BCUT2D eigenvalue weighted by Crippen LogP contribution is -2.43. The van der Waals surface area contributed by atoms with E-state index in [0.717, 1.165) is 36.5 Å². The molecule has 1 aliphatic heterocycles. The van der Waals surface area contributed by atoms with Crippen LogP contribution in [0.3, 0.4) is 0 Å². The number of urea groups is 1. The van der Waals surface area contributed by atoms with Crippen molar-refractivity contribution >= 4 is 16.1 Å². The van der Waals surface area contributed by atoms with Gasteiger partial charge >= 0.3 is 6.03 Å². The minimum Gasteiger partial charge on any atom is -0.338 e. The zero-order valence-corrected chi connectivity index (χ0v) is 18.2. The molecular weight excluding hydrogens is 409 g/mol. The van der Waals surface area contributed by atoms with Crippen molar-refractivity contribution in [1.29, 1.82) is 0 Å². The van der Waals surface area contributed by atoms with E-state index in [1.807, 2.05) is 24.6 Å². The van der Waals surface area contributed by atoms with E-state index >= 15 is 0 Å². The minimum atomic E-state index is -3.71. The lowest BCUT2D eigenvalue weighted by Gasteiger charge is -2.22. The molecular formula is C20H28FN5O3S. The Morgan fingerprint density at radius 2 is 1.87 bits per heavy atom. The van der Waals surface area contributed by atoms with Crippen molar-refractivity contribution in [2.75, 3.05) is 32.7 Å². The fraction of sp³-hybridized carbons (Fsp3) is 0.500. The van der Waals surface area contributed by atoms with Gasteiger partial charge in [-0.05, 0) is 57.0 Å². The molecule has 1 N–H and O–H groups in total. The molecule has 0 spiro atoms. The lowest BCUT2D eigenvalue weighted by atomic mass is 10.4. The van der Waals surface area contributed by atoms with Crippen LogP contribution < -0.4 is 5.32 Å². The Hall–Kier alpha value is -2.46. The van der Waals surface area contributed by atoms with Crippen LogP contribution in [0.25, 0.3) is 0 Å². The number of nitrogens with zero attached hydrogens (tertiary/aromatic N) is 4. The number of carbonyl (C=O) groups is 1. The van der Waals surface area contributed by atoms with Crippen LogP contribution in [-0.4, -0.2) is 66.2 Å². The quantitative estimate of drug-likeness (QED) is 0.702. The number of benzene rings is 1. The van der Waals surface area contributed by atoms with E-state index in [2.05, 4.69) is 10.4 Å². The first-order valence-corrected chi connectivity index (χ1v) is 11.5. The fourth-order valence-electron chi connectivity index (χ4n) is 3.53. The number of rotatable bonds is 6. The third kappa shape index (κ3) is 5.37. The molecule has 8 nitrogen and oxygen atoms in total. The van der Waals surface area contributed by atoms with Crippen LogP contribution in [0.15, 0.2) is 35.2 Å². The van der Waals surface area contributed by atoms with Crippen molar-refractivity contribution in [3.63, 3.8) is 0 Å². The SMILES string of the molecule is Cc1cc(C)n(CCCNC(=O)N2CCCN(S(=O)(=O)c3ccc(F)cc3)CC2)n1. The third-order valence-electron chi connectivity index (χ3n) is 5.12. The van der Waals surface area contributed by atoms with E-state index in [0.29, 0.717) is 32.6 Å². The minimum absolute atomic E-state index is 0.0611. The molecule has 1 fully saturated rings. The Balaban J connectivity index is 1.48. The van der Waals surface area contributed by atoms with Crippen molar-refractivity contribution in [2.24, 2.45) is 0 Å². The average molecular weight is 438 g/mol. The molecule has 1 aromatic carbocycles. The highest BCUT2D eigenvalue weighted by Crippen LogP contribution is 2.18. The molecule has 0 aliphatic carbocycles. The second kappa shape index (κ2) is 9.57. The molecule has 10 heteroatoms. The number of hydrogen-bond acceptors (Lipinski definition) is 4. The average Bonchev–Trinajstić information content (AvgIpc) is 2.89. The van der Waals surface area contributed by atoms with Gasteiger partial charge in [0.2, 0.25) is 10.0 Å². The summed E-state index contributed by atoms with van der Waals surface area (Å²) in [5.74, 6) is -0.481. The van der Waals surface area contributed by atoms with Crippen LogP contribution in [0.2, 0.25) is 0 Å². The maximum atomic E-state index is 13.1. The fourth-order valence-corrected chi connectivity index (χ4v) is 5.00. The first-order chi connectivity index (χ1) is 14.3. The van der Waals surface area contributed by atoms with E-state index in [1.54, 1.807) is 4.90 Å². The van der Waals surface area contributed by atoms with Gasteiger partial charge in [-0.15, -0.1) is 0 Å². The molecule has 3 rings (SSSR count). The first-order valence-electron chi connectivity index (χ1n) is 10.1. The van der Waals surface area contributed by atoms with Gasteiger partial charge in [0.15, 0.2) is 0 Å². The molecule has 2 aromatic rings. The molecule has 0 unspecified atom stereocenters. The van der Waals surface area contributed by atoms with Gasteiger partial charge in [-0.1, -0.05) is 0 Å². The molecule has 0 bridgehead atoms. The van der Waals surface area contributed by atoms with Gasteiger partial charge in [0, 0.05) is 45.0 Å². The Labute approximate surface area is 176 Å². The van der Waals surface area contributed by atoms with E-state index < -0.39 is 15.8 Å². The zero-order valence-electron chi connectivity index (χ0n) is 17.3. The normalized spacial score (nSPS) is 15.8. The monoisotopic (exact) mass is 437 g/mol. The maximum absolute atomic E-state index is 13.1. The first kappa shape index (κ1) is 22.2. The third-order valence-corrected chi connectivity index (χ3v) is 7.03. The van der Waals surface area contributed by atoms with Gasteiger partial charge in [0.25, 0.3) is 0 Å². The van der Waals surface area contributed by atoms with Crippen LogP contribution in [0, 0.1) is 19.7 Å². The molecule has 1 aromatic heterocycles. The van der Waals surface area contributed by atoms with Crippen LogP contribution in [0.1, 0.15) is 24.2 Å². The molecule has 164 valence electrons. The van der Waals surface area contributed by atoms with Gasteiger partial charge in [0.1, 0.15) is 5.82 Å². The lowest BCUT2D eigenvalue weighted by molar-refractivity contribution is 0.200. The second-order valence-corrected chi connectivity index (χ2v) is 9.37. The summed E-state index contributed by atoms with van der Waals surface area (Å²) in [6.45, 7) is 6.52. The highest BCUT2D eigenvalue weighted by atomic mass is 32.2. The van der Waals surface area contributed by atoms with Gasteiger partial charge in [-0.2, -0.15) is 9.40 Å². The number of sulfonamides is 1. The molecule has 0 atom stereocenters. The van der Waals surface area contributed by atoms with Gasteiger partial charge < -0.3 is 10.2 Å². The summed E-state index contributed by atoms with van der Waals surface area (Å²) in [6, 6.07) is 6.63. The van der Waals surface area contributed by atoms with Crippen molar-refractivity contribution in [3.8, 4) is 0 Å². The predicted octanol–water partition coefficient (Wildman–Crippen LogP) is 2.14. The van der Waals surface area contributed by atoms with Crippen molar-refractivity contribution in [2.45, 2.75) is 38.1 Å². The molecule has 2 heterocycles. The maximum Gasteiger partial charge on any atom is 0.317 e. The number of carbonyl (C=O) groups excluding carboxylic acids is 1. The van der Waals surface area contributed by atoms with E-state index in [-0.39, 0.29) is 17.5 Å². The zero-order chi connectivity index (χ0) is 21.7. The Morgan fingerprint density at radius 1 is 1.13 bits per heavy atom. The van der Waals surface area contributed by atoms with Gasteiger partial charge in [0.05, 0.1) is 10.6 Å². The topological polar surface area (TPSA) is 87.5 Å². The van der Waals surface area contributed by atoms with E-state index in [1.165, 1.54) is 16.4 Å². The largest absolute Gasteiger partial charge is 0.338 e. The summed E-state index contributed by atoms with van der Waals surface area (Å²) in [5.41, 5.74) is 2.06. The highest BCUT2D eigenvalue weighted by Gasteiger charge is 2.28. The van der Waals surface area contributed by atoms with Crippen LogP contribution >= 0.6 is 0 Å². The smallest absolute Gasteiger partial charge is 0.317 e. The van der Waals surface area contributed by atoms with Crippen LogP contribution in [-0.2, 0) is 16.6 Å². The number of aryl methyl sites for hydroxylation is 3. The summed E-state index contributed by atoms with van der Waals surface area (Å²) in [5, 5.41) is 7.30. The number of nitrogens with one attached hydrogen (secondary N) is 1. The standard InChI is InChI=1S/C20H28FN5O3S/c1-16-15-17(2)26(23-16)12-3-9-22-20(27)24-10-4-11-25(14-13-24)30(28,29)19-7-5-18(21)6-8-19/h5-8,15H,3-4,9-14H2,1-2H3,(H,22,27). The van der Waals surface area contributed by atoms with Crippen LogP contribution in [0.5, 0.6) is 0 Å². The van der Waals surface area contributed by atoms with E-state index in [4.69, 9.17) is 0 Å². The summed E-state index contributed by atoms with van der Waals surface area (Å²) in [7, 11) is -3.71. The van der Waals surface area contributed by atoms with Crippen molar-refractivity contribution < 1.29 is 17.6 Å². The van der Waals surface area contributed by atoms with Gasteiger partial charge in [-0.25, -0.2) is 17.6 Å². The molecule has 0 radical (unpaired) electrons. The predicted molar refractivity (Wildman–Crippen MR) is 111 cm³/mol. The number of amides is 2. The molecule has 2 amide bonds. The summed E-state index contributed by atoms with van der Waals surface area (Å²) < 4.78 is 41.9. The molecule has 30 heavy (non-hydrogen) atoms. The van der Waals surface area contributed by atoms with Crippen LogP contribution in [0.4, 0.5) is 9.18 Å². The highest BCUT2D eigenvalue weighted by molar-refractivity contribution is 7.89. The molecule has 1 aliphatic rings. The number of aromatic nitrogens is 2. The Morgan fingerprint density at radius 3 is 2.53 bits per heavy atom. The summed E-state index contributed by atoms with van der Waals surface area (Å²) in [4.78, 5) is 14.2. The second-order valence-electron chi connectivity index (χ2n) is 7.43. The Kier molecular flexibility index (Phi) is 7.09. The summed E-state index contributed by atoms with van der Waals surface area (Å²) >= 11 is 0.